The molecule has 23 heavy (non-hydrogen) atoms. The monoisotopic (exact) mass is 402 g/mol. The van der Waals surface area contributed by atoms with Gasteiger partial charge in [-0.1, -0.05) is 28.1 Å². The summed E-state index contributed by atoms with van der Waals surface area (Å²) in [6, 6.07) is 13.5. The van der Waals surface area contributed by atoms with Gasteiger partial charge in [0.15, 0.2) is 0 Å². The first kappa shape index (κ1) is 14.7. The summed E-state index contributed by atoms with van der Waals surface area (Å²) in [4.78, 5) is 10.4. The second kappa shape index (κ2) is 5.96. The van der Waals surface area contributed by atoms with E-state index in [2.05, 4.69) is 33.0 Å². The summed E-state index contributed by atoms with van der Waals surface area (Å²) in [5.74, 6) is 0.869. The van der Waals surface area contributed by atoms with Crippen LogP contribution in [0, 0.1) is 0 Å². The molecule has 0 spiro atoms. The maximum absolute atomic E-state index is 10.2. The molecule has 0 aliphatic heterocycles. The van der Waals surface area contributed by atoms with Gasteiger partial charge in [0.25, 0.3) is 0 Å². The number of phenolic OH excluding ortho intramolecular Hbond substituents is 1. The number of aromatic nitrogens is 2. The number of halogens is 1. The highest BCUT2D eigenvalue weighted by Gasteiger charge is 2.18. The summed E-state index contributed by atoms with van der Waals surface area (Å²) in [6.07, 6.45) is 0. The van der Waals surface area contributed by atoms with E-state index in [1.807, 2.05) is 35.0 Å². The van der Waals surface area contributed by atoms with Crippen molar-refractivity contribution < 1.29 is 5.11 Å². The van der Waals surface area contributed by atoms with Crippen molar-refractivity contribution in [3.8, 4) is 38.3 Å². The van der Waals surface area contributed by atoms with E-state index in [4.69, 9.17) is 4.98 Å². The molecule has 0 atom stereocenters. The number of thiophene rings is 2. The molecule has 0 radical (unpaired) electrons. The second-order valence-corrected chi connectivity index (χ2v) is 7.74. The third-order valence-corrected chi connectivity index (χ3v) is 5.70. The van der Waals surface area contributed by atoms with Gasteiger partial charge in [-0.3, -0.25) is 0 Å². The van der Waals surface area contributed by atoms with Gasteiger partial charge in [0.2, 0.25) is 0 Å². The third-order valence-electron chi connectivity index (χ3n) is 3.44. The Bertz CT molecular complexity index is 892. The summed E-state index contributed by atoms with van der Waals surface area (Å²) in [5.41, 5.74) is 2.58. The van der Waals surface area contributed by atoms with Gasteiger partial charge in [0.05, 0.1) is 21.0 Å². The average Bonchev–Trinajstić information content (AvgIpc) is 3.29. The van der Waals surface area contributed by atoms with Crippen molar-refractivity contribution in [2.75, 3.05) is 0 Å². The predicted octanol–water partition coefficient (Wildman–Crippen LogP) is 6.00. The average molecular weight is 403 g/mol. The molecule has 2 N–H and O–H groups in total. The van der Waals surface area contributed by atoms with Crippen LogP contribution < -0.4 is 0 Å². The van der Waals surface area contributed by atoms with Crippen molar-refractivity contribution in [1.82, 2.24) is 9.97 Å². The maximum Gasteiger partial charge on any atom is 0.142 e. The molecular formula is C17H11BrN2OS2. The van der Waals surface area contributed by atoms with E-state index >= 15 is 0 Å². The quantitative estimate of drug-likeness (QED) is 0.441. The highest BCUT2D eigenvalue weighted by Crippen LogP contribution is 2.39. The number of nitrogens with one attached hydrogen (secondary N) is 1. The molecule has 3 aromatic heterocycles. The van der Waals surface area contributed by atoms with Crippen LogP contribution in [0.2, 0.25) is 0 Å². The Morgan fingerprint density at radius 1 is 1.00 bits per heavy atom. The van der Waals surface area contributed by atoms with Gasteiger partial charge in [0, 0.05) is 4.47 Å². The first-order valence-corrected chi connectivity index (χ1v) is 9.44. The van der Waals surface area contributed by atoms with Gasteiger partial charge in [-0.15, -0.1) is 22.7 Å². The number of phenols is 1. The molecule has 6 heteroatoms. The summed E-state index contributed by atoms with van der Waals surface area (Å²) < 4.78 is 0.900. The van der Waals surface area contributed by atoms with E-state index in [-0.39, 0.29) is 5.75 Å². The van der Waals surface area contributed by atoms with E-state index in [9.17, 15) is 5.11 Å². The first-order chi connectivity index (χ1) is 11.2. The molecule has 3 heterocycles. The van der Waals surface area contributed by atoms with Crippen molar-refractivity contribution in [2.45, 2.75) is 0 Å². The van der Waals surface area contributed by atoms with E-state index in [0.29, 0.717) is 11.4 Å². The molecule has 0 aliphatic carbocycles. The number of hydrogen-bond acceptors (Lipinski definition) is 4. The van der Waals surface area contributed by atoms with Crippen molar-refractivity contribution >= 4 is 38.6 Å². The Labute approximate surface area is 149 Å². The number of hydrogen-bond donors (Lipinski definition) is 2. The van der Waals surface area contributed by atoms with E-state index in [1.165, 1.54) is 0 Å². The Kier molecular flexibility index (Phi) is 3.80. The van der Waals surface area contributed by atoms with Crippen LogP contribution in [0.1, 0.15) is 0 Å². The molecule has 0 fully saturated rings. The van der Waals surface area contributed by atoms with Crippen LogP contribution in [-0.2, 0) is 0 Å². The van der Waals surface area contributed by atoms with Crippen LogP contribution >= 0.6 is 38.6 Å². The van der Waals surface area contributed by atoms with Gasteiger partial charge in [-0.05, 0) is 41.1 Å². The number of imidazole rings is 1. The fraction of sp³-hybridized carbons (Fsp3) is 0. The number of nitrogens with zero attached hydrogens (tertiary/aromatic N) is 1. The van der Waals surface area contributed by atoms with Gasteiger partial charge >= 0.3 is 0 Å². The zero-order valence-electron chi connectivity index (χ0n) is 11.8. The Hall–Kier alpha value is -1.89. The smallest absolute Gasteiger partial charge is 0.142 e. The lowest BCUT2D eigenvalue weighted by Gasteiger charge is -2.01. The summed E-state index contributed by atoms with van der Waals surface area (Å²) >= 11 is 6.77. The molecular weight excluding hydrogens is 392 g/mol. The number of aromatic hydroxyl groups is 1. The van der Waals surface area contributed by atoms with Crippen molar-refractivity contribution in [1.29, 1.82) is 0 Å². The Morgan fingerprint density at radius 3 is 2.43 bits per heavy atom. The lowest BCUT2D eigenvalue weighted by atomic mass is 10.2. The summed E-state index contributed by atoms with van der Waals surface area (Å²) in [5, 5.41) is 14.3. The lowest BCUT2D eigenvalue weighted by Crippen LogP contribution is -1.82. The molecule has 0 bridgehead atoms. The van der Waals surface area contributed by atoms with Crippen LogP contribution in [0.15, 0.2) is 57.7 Å². The fourth-order valence-electron chi connectivity index (χ4n) is 2.39. The standard InChI is InChI=1S/C17H11BrN2OS2/c18-10-5-6-12(21)11(9-10)17-19-15(13-3-1-7-22-13)16(20-17)14-4-2-8-23-14/h1-9,21H,(H,19,20). The molecule has 0 amide bonds. The van der Waals surface area contributed by atoms with Gasteiger partial charge in [-0.25, -0.2) is 4.98 Å². The molecule has 0 saturated carbocycles. The summed E-state index contributed by atoms with van der Waals surface area (Å²) in [7, 11) is 0. The largest absolute Gasteiger partial charge is 0.507 e. The number of benzene rings is 1. The zero-order valence-corrected chi connectivity index (χ0v) is 15.0. The number of aromatic amines is 1. The highest BCUT2D eigenvalue weighted by molar-refractivity contribution is 9.10. The molecule has 1 aromatic carbocycles. The number of rotatable bonds is 3. The molecule has 4 rings (SSSR count). The van der Waals surface area contributed by atoms with Gasteiger partial charge < -0.3 is 10.1 Å². The highest BCUT2D eigenvalue weighted by atomic mass is 79.9. The molecule has 4 aromatic rings. The Balaban J connectivity index is 1.93. The van der Waals surface area contributed by atoms with Crippen molar-refractivity contribution in [2.24, 2.45) is 0 Å². The Morgan fingerprint density at radius 2 is 1.74 bits per heavy atom. The minimum absolute atomic E-state index is 0.206. The van der Waals surface area contributed by atoms with Crippen LogP contribution in [0.3, 0.4) is 0 Å². The SMILES string of the molecule is Oc1ccc(Br)cc1-c1nc(-c2cccs2)c(-c2cccs2)[nH]1. The normalized spacial score (nSPS) is 11.0. The van der Waals surface area contributed by atoms with Gasteiger partial charge in [-0.2, -0.15) is 0 Å². The van der Waals surface area contributed by atoms with E-state index < -0.39 is 0 Å². The van der Waals surface area contributed by atoms with Crippen molar-refractivity contribution in [3.63, 3.8) is 0 Å². The first-order valence-electron chi connectivity index (χ1n) is 6.89. The van der Waals surface area contributed by atoms with Crippen molar-refractivity contribution in [3.05, 3.63) is 57.7 Å². The van der Waals surface area contributed by atoms with Crippen LogP contribution in [0.5, 0.6) is 5.75 Å². The van der Waals surface area contributed by atoms with Crippen LogP contribution in [0.4, 0.5) is 0 Å². The number of H-pyrrole nitrogens is 1. The molecule has 0 aliphatic rings. The minimum Gasteiger partial charge on any atom is -0.507 e. The molecule has 0 saturated heterocycles. The zero-order chi connectivity index (χ0) is 15.8. The van der Waals surface area contributed by atoms with E-state index in [0.717, 1.165) is 25.6 Å². The fourth-order valence-corrected chi connectivity index (χ4v) is 4.20. The molecule has 114 valence electrons. The third kappa shape index (κ3) is 2.73. The minimum atomic E-state index is 0.206. The second-order valence-electron chi connectivity index (χ2n) is 4.93. The van der Waals surface area contributed by atoms with Gasteiger partial charge in [0.1, 0.15) is 17.3 Å². The molecule has 0 unspecified atom stereocenters. The topological polar surface area (TPSA) is 48.9 Å². The van der Waals surface area contributed by atoms with Crippen LogP contribution in [-0.4, -0.2) is 15.1 Å². The van der Waals surface area contributed by atoms with Crippen LogP contribution in [0.25, 0.3) is 32.5 Å². The summed E-state index contributed by atoms with van der Waals surface area (Å²) in [6.45, 7) is 0. The lowest BCUT2D eigenvalue weighted by molar-refractivity contribution is 0.477. The molecule has 3 nitrogen and oxygen atoms in total. The maximum atomic E-state index is 10.2. The predicted molar refractivity (Wildman–Crippen MR) is 100 cm³/mol. The van der Waals surface area contributed by atoms with E-state index in [1.54, 1.807) is 28.7 Å².